The Balaban J connectivity index is 2.30. The van der Waals surface area contributed by atoms with E-state index in [1.807, 2.05) is 12.1 Å². The van der Waals surface area contributed by atoms with Crippen molar-refractivity contribution in [3.05, 3.63) is 18.7 Å². The Kier molecular flexibility index (Phi) is 2.93. The average molecular weight is 71.2 g/mol. The third-order valence-corrected chi connectivity index (χ3v) is 0.707. The standard InChI is InChI=1S/C3H7Si/c1-2-3-4/h2-3H,1H2,4H3. The van der Waals surface area contributed by atoms with Gasteiger partial charge in [0.25, 0.3) is 0 Å². The summed E-state index contributed by atoms with van der Waals surface area (Å²) in [7, 11) is 1.15. The summed E-state index contributed by atoms with van der Waals surface area (Å²) in [6.45, 7) is 3.46. The summed E-state index contributed by atoms with van der Waals surface area (Å²) in [5, 5.41) is 0. The van der Waals surface area contributed by atoms with Gasteiger partial charge in [-0.05, 0) is 6.04 Å². The first kappa shape index (κ1) is 3.96. The molecule has 0 rings (SSSR count). The van der Waals surface area contributed by atoms with Crippen molar-refractivity contribution in [3.63, 3.8) is 0 Å². The molecule has 4 heavy (non-hydrogen) atoms. The van der Waals surface area contributed by atoms with Gasteiger partial charge in [-0.3, -0.25) is 0 Å². The van der Waals surface area contributed by atoms with Crippen LogP contribution >= 0.6 is 0 Å². The minimum absolute atomic E-state index is 1.15. The first-order valence-corrected chi connectivity index (χ1v) is 2.47. The molecule has 0 amide bonds. The van der Waals surface area contributed by atoms with Gasteiger partial charge in [-0.25, -0.2) is 0 Å². The molecule has 23 valence electrons. The van der Waals surface area contributed by atoms with E-state index in [4.69, 9.17) is 0 Å². The molecule has 0 fully saturated rings. The lowest BCUT2D eigenvalue weighted by molar-refractivity contribution is 2.07. The summed E-state index contributed by atoms with van der Waals surface area (Å²) in [5.41, 5.74) is 0. The Morgan fingerprint density at radius 1 is 1.75 bits per heavy atom. The van der Waals surface area contributed by atoms with Crippen LogP contribution in [0.15, 0.2) is 12.7 Å². The van der Waals surface area contributed by atoms with E-state index in [0.29, 0.717) is 0 Å². The van der Waals surface area contributed by atoms with Crippen LogP contribution in [0, 0.1) is 6.04 Å². The zero-order chi connectivity index (χ0) is 3.41. The zero-order valence-electron chi connectivity index (χ0n) is 2.86. The highest BCUT2D eigenvalue weighted by molar-refractivity contribution is 6.15. The fourth-order valence-electron chi connectivity index (χ4n) is 0. The van der Waals surface area contributed by atoms with E-state index < -0.39 is 0 Å². The first-order chi connectivity index (χ1) is 1.91. The zero-order valence-corrected chi connectivity index (χ0v) is 4.86. The van der Waals surface area contributed by atoms with Crippen LogP contribution in [0.4, 0.5) is 0 Å². The van der Waals surface area contributed by atoms with Gasteiger partial charge in [-0.15, -0.1) is 6.58 Å². The third kappa shape index (κ3) is 1.96. The Morgan fingerprint density at radius 2 is 2.00 bits per heavy atom. The average Bonchev–Trinajstić information content (AvgIpc) is 1.37. The molecule has 0 saturated heterocycles. The minimum atomic E-state index is 1.15. The lowest BCUT2D eigenvalue weighted by Crippen LogP contribution is -1.52. The van der Waals surface area contributed by atoms with Crippen molar-refractivity contribution in [2.75, 3.05) is 0 Å². The maximum absolute atomic E-state index is 3.46. The molecular weight excluding hydrogens is 64.1 g/mol. The maximum atomic E-state index is 3.46. The van der Waals surface area contributed by atoms with Gasteiger partial charge in [0, 0.05) is 10.2 Å². The molecule has 0 aromatic carbocycles. The molecule has 0 spiro atoms. The first-order valence-electron chi connectivity index (χ1n) is 1.32. The van der Waals surface area contributed by atoms with Crippen LogP contribution in [0.2, 0.25) is 0 Å². The molecule has 0 unspecified atom stereocenters. The SMILES string of the molecule is C=C[CH][SiH3]. The van der Waals surface area contributed by atoms with Gasteiger partial charge in [0.1, 0.15) is 0 Å². The van der Waals surface area contributed by atoms with Crippen molar-refractivity contribution < 1.29 is 0 Å². The van der Waals surface area contributed by atoms with E-state index in [-0.39, 0.29) is 0 Å². The fourth-order valence-corrected chi connectivity index (χ4v) is 0. The Labute approximate surface area is 30.0 Å². The summed E-state index contributed by atoms with van der Waals surface area (Å²) >= 11 is 0. The van der Waals surface area contributed by atoms with Crippen molar-refractivity contribution >= 4 is 10.2 Å². The molecule has 0 N–H and O–H groups in total. The van der Waals surface area contributed by atoms with Gasteiger partial charge in [0.2, 0.25) is 0 Å². The van der Waals surface area contributed by atoms with E-state index in [1.54, 1.807) is 0 Å². The Hall–Kier alpha value is -0.0431. The molecule has 0 aromatic rings. The van der Waals surface area contributed by atoms with Crippen LogP contribution in [0.25, 0.3) is 0 Å². The van der Waals surface area contributed by atoms with Gasteiger partial charge in [-0.1, -0.05) is 6.08 Å². The van der Waals surface area contributed by atoms with Gasteiger partial charge in [0.05, 0.1) is 0 Å². The monoisotopic (exact) mass is 71.0 g/mol. The maximum Gasteiger partial charge on any atom is 0.0118 e. The lowest BCUT2D eigenvalue weighted by Gasteiger charge is -1.56. The van der Waals surface area contributed by atoms with Crippen molar-refractivity contribution in [3.8, 4) is 0 Å². The molecule has 0 nitrogen and oxygen atoms in total. The fraction of sp³-hybridized carbons (Fsp3) is 0. The quantitative estimate of drug-likeness (QED) is 0.372. The van der Waals surface area contributed by atoms with E-state index in [0.717, 1.165) is 10.2 Å². The van der Waals surface area contributed by atoms with E-state index >= 15 is 0 Å². The van der Waals surface area contributed by atoms with Gasteiger partial charge < -0.3 is 0 Å². The Bertz CT molecular complexity index is 17.2. The summed E-state index contributed by atoms with van der Waals surface area (Å²) in [6, 6.07) is 2.03. The smallest absolute Gasteiger partial charge is 0.0118 e. The molecule has 1 heteroatoms. The molecular formula is C3H7Si. The number of allylic oxidation sites excluding steroid dienone is 1. The summed E-state index contributed by atoms with van der Waals surface area (Å²) in [5.74, 6) is 0. The van der Waals surface area contributed by atoms with Crippen LogP contribution in [0.1, 0.15) is 0 Å². The van der Waals surface area contributed by atoms with Crippen LogP contribution in [0.5, 0.6) is 0 Å². The molecule has 0 aliphatic rings. The largest absolute Gasteiger partial charge is 0.103 e. The lowest BCUT2D eigenvalue weighted by atomic mass is 10.8. The second-order valence-corrected chi connectivity index (χ2v) is 1.24. The highest BCUT2D eigenvalue weighted by atomic mass is 28.1. The second kappa shape index (κ2) is 2.96. The van der Waals surface area contributed by atoms with Crippen molar-refractivity contribution in [1.82, 2.24) is 0 Å². The summed E-state index contributed by atoms with van der Waals surface area (Å²) in [4.78, 5) is 0. The van der Waals surface area contributed by atoms with Crippen LogP contribution in [-0.2, 0) is 0 Å². The normalized spacial score (nSPS) is 7.00. The third-order valence-electron chi connectivity index (χ3n) is 0.236. The van der Waals surface area contributed by atoms with Crippen molar-refractivity contribution in [1.29, 1.82) is 0 Å². The van der Waals surface area contributed by atoms with Crippen LogP contribution in [-0.4, -0.2) is 10.2 Å². The predicted octanol–water partition coefficient (Wildman–Crippen LogP) is -0.300. The van der Waals surface area contributed by atoms with Gasteiger partial charge >= 0.3 is 0 Å². The number of hydrogen-bond acceptors (Lipinski definition) is 0. The van der Waals surface area contributed by atoms with E-state index in [9.17, 15) is 0 Å². The Morgan fingerprint density at radius 3 is 2.00 bits per heavy atom. The highest BCUT2D eigenvalue weighted by Gasteiger charge is 1.46. The predicted molar refractivity (Wildman–Crippen MR) is 24.4 cm³/mol. The van der Waals surface area contributed by atoms with Crippen LogP contribution in [0.3, 0.4) is 0 Å². The molecule has 0 aliphatic carbocycles. The topological polar surface area (TPSA) is 0 Å². The van der Waals surface area contributed by atoms with Crippen molar-refractivity contribution in [2.45, 2.75) is 0 Å². The minimum Gasteiger partial charge on any atom is -0.103 e. The van der Waals surface area contributed by atoms with Gasteiger partial charge in [0.15, 0.2) is 0 Å². The molecule has 1 radical (unpaired) electrons. The number of hydrogen-bond donors (Lipinski definition) is 0. The summed E-state index contributed by atoms with van der Waals surface area (Å²) in [6.07, 6.45) is 1.81. The van der Waals surface area contributed by atoms with Crippen molar-refractivity contribution in [2.24, 2.45) is 0 Å². The van der Waals surface area contributed by atoms with Gasteiger partial charge in [-0.2, -0.15) is 0 Å². The highest BCUT2D eigenvalue weighted by Crippen LogP contribution is 1.56. The molecule has 0 bridgehead atoms. The molecule has 0 saturated carbocycles. The van der Waals surface area contributed by atoms with Crippen LogP contribution < -0.4 is 0 Å². The summed E-state index contributed by atoms with van der Waals surface area (Å²) < 4.78 is 0. The van der Waals surface area contributed by atoms with E-state index in [2.05, 4.69) is 6.58 Å². The molecule has 0 aliphatic heterocycles. The molecule has 0 heterocycles. The second-order valence-electron chi connectivity index (χ2n) is 0.569. The van der Waals surface area contributed by atoms with E-state index in [1.165, 1.54) is 0 Å². The molecule has 0 aromatic heterocycles. The number of rotatable bonds is 1. The molecule has 0 atom stereocenters.